The number of hydrogen-bond donors (Lipinski definition) is 1. The number of aromatic nitrogens is 3. The smallest absolute Gasteiger partial charge is 0.239 e. The highest BCUT2D eigenvalue weighted by atomic mass is 127. The Hall–Kier alpha value is -1.43. The van der Waals surface area contributed by atoms with Crippen LogP contribution in [0.2, 0.25) is 0 Å². The van der Waals surface area contributed by atoms with Gasteiger partial charge in [0.05, 0.1) is 12.6 Å². The number of halogens is 1. The molecule has 152 valence electrons. The van der Waals surface area contributed by atoms with Gasteiger partial charge in [0, 0.05) is 53.4 Å². The fraction of sp³-hybridized carbons (Fsp3) is 0.765. The lowest BCUT2D eigenvalue weighted by molar-refractivity contribution is -0.135. The number of aliphatic imine (C=N–C) groups is 1. The van der Waals surface area contributed by atoms with Gasteiger partial charge >= 0.3 is 0 Å². The molecular weight excluding hydrogens is 459 g/mol. The fourth-order valence-corrected chi connectivity index (χ4v) is 3.64. The number of rotatable bonds is 4. The molecule has 27 heavy (non-hydrogen) atoms. The van der Waals surface area contributed by atoms with Gasteiger partial charge in [0.2, 0.25) is 5.91 Å². The molecule has 9 nitrogen and oxygen atoms in total. The molecular formula is C17H31IN8O. The minimum absolute atomic E-state index is 0. The van der Waals surface area contributed by atoms with Crippen molar-refractivity contribution >= 4 is 35.8 Å². The molecule has 0 saturated carbocycles. The summed E-state index contributed by atoms with van der Waals surface area (Å²) in [7, 11) is 3.72. The van der Waals surface area contributed by atoms with Crippen LogP contribution in [0.4, 0.5) is 0 Å². The van der Waals surface area contributed by atoms with Crippen molar-refractivity contribution in [2.75, 3.05) is 46.3 Å². The summed E-state index contributed by atoms with van der Waals surface area (Å²) in [6.07, 6.45) is 3.97. The van der Waals surface area contributed by atoms with Gasteiger partial charge in [0.1, 0.15) is 6.33 Å². The van der Waals surface area contributed by atoms with Crippen molar-refractivity contribution in [3.05, 3.63) is 12.2 Å². The standard InChI is InChI=1S/C17H30N8O.HI/c1-14(16(26)24-6-4-5-7-24)23-8-10-25(11-9-23)17(18-2)19-12-15-21-20-13-22(15)3;/h13-14H,4-12H2,1-3H3,(H,18,19);1H. The molecule has 1 N–H and O–H groups in total. The summed E-state index contributed by atoms with van der Waals surface area (Å²) in [6.45, 7) is 7.91. The molecule has 1 amide bonds. The van der Waals surface area contributed by atoms with Gasteiger partial charge in [0.15, 0.2) is 11.8 Å². The number of carbonyl (C=O) groups excluding carboxylic acids is 1. The summed E-state index contributed by atoms with van der Waals surface area (Å²) in [5.41, 5.74) is 0. The van der Waals surface area contributed by atoms with Crippen molar-refractivity contribution in [2.24, 2.45) is 12.0 Å². The zero-order valence-corrected chi connectivity index (χ0v) is 18.8. The first-order valence-corrected chi connectivity index (χ1v) is 9.41. The zero-order valence-electron chi connectivity index (χ0n) is 16.5. The molecule has 2 aliphatic heterocycles. The number of carbonyl (C=O) groups is 1. The summed E-state index contributed by atoms with van der Waals surface area (Å²) < 4.78 is 1.89. The van der Waals surface area contributed by atoms with Crippen LogP contribution in [0.3, 0.4) is 0 Å². The van der Waals surface area contributed by atoms with Crippen LogP contribution in [0, 0.1) is 0 Å². The van der Waals surface area contributed by atoms with E-state index >= 15 is 0 Å². The van der Waals surface area contributed by atoms with Gasteiger partial charge < -0.3 is 19.7 Å². The van der Waals surface area contributed by atoms with Gasteiger partial charge in [-0.05, 0) is 19.8 Å². The second-order valence-electron chi connectivity index (χ2n) is 6.99. The highest BCUT2D eigenvalue weighted by Crippen LogP contribution is 2.14. The average molecular weight is 490 g/mol. The van der Waals surface area contributed by atoms with E-state index in [1.165, 1.54) is 0 Å². The third kappa shape index (κ3) is 5.31. The summed E-state index contributed by atoms with van der Waals surface area (Å²) in [4.78, 5) is 23.5. The van der Waals surface area contributed by atoms with Crippen LogP contribution >= 0.6 is 24.0 Å². The van der Waals surface area contributed by atoms with Crippen LogP contribution in [0.5, 0.6) is 0 Å². The maximum Gasteiger partial charge on any atom is 0.239 e. The van der Waals surface area contributed by atoms with E-state index in [0.717, 1.165) is 63.9 Å². The zero-order chi connectivity index (χ0) is 18.5. The highest BCUT2D eigenvalue weighted by molar-refractivity contribution is 14.0. The van der Waals surface area contributed by atoms with Gasteiger partial charge in [-0.3, -0.25) is 14.7 Å². The lowest BCUT2D eigenvalue weighted by Crippen LogP contribution is -2.57. The van der Waals surface area contributed by atoms with Crippen LogP contribution in [-0.2, 0) is 18.4 Å². The topological polar surface area (TPSA) is 81.9 Å². The Bertz CT molecular complexity index is 635. The Morgan fingerprint density at radius 1 is 1.19 bits per heavy atom. The predicted molar refractivity (Wildman–Crippen MR) is 115 cm³/mol. The molecule has 1 atom stereocenters. The normalized spacial score (nSPS) is 19.7. The number of hydrogen-bond acceptors (Lipinski definition) is 5. The first-order chi connectivity index (χ1) is 12.6. The molecule has 1 aromatic heterocycles. The van der Waals surface area contributed by atoms with Crippen molar-refractivity contribution in [1.29, 1.82) is 0 Å². The Labute approximate surface area is 178 Å². The second-order valence-corrected chi connectivity index (χ2v) is 6.99. The van der Waals surface area contributed by atoms with E-state index in [1.807, 2.05) is 23.4 Å². The van der Waals surface area contributed by atoms with Crippen LogP contribution in [0.1, 0.15) is 25.6 Å². The number of nitrogens with zero attached hydrogens (tertiary/aromatic N) is 7. The number of amides is 1. The quantitative estimate of drug-likeness (QED) is 0.368. The monoisotopic (exact) mass is 490 g/mol. The molecule has 1 aromatic rings. The number of piperazine rings is 1. The van der Waals surface area contributed by atoms with E-state index in [1.54, 1.807) is 13.4 Å². The largest absolute Gasteiger partial charge is 0.349 e. The first kappa shape index (κ1) is 21.9. The molecule has 2 saturated heterocycles. The van der Waals surface area contributed by atoms with E-state index in [4.69, 9.17) is 0 Å². The fourth-order valence-electron chi connectivity index (χ4n) is 3.64. The maximum atomic E-state index is 12.6. The first-order valence-electron chi connectivity index (χ1n) is 9.41. The van der Waals surface area contributed by atoms with E-state index in [2.05, 4.69) is 30.3 Å². The van der Waals surface area contributed by atoms with Gasteiger partial charge in [-0.1, -0.05) is 0 Å². The van der Waals surface area contributed by atoms with Gasteiger partial charge in [-0.2, -0.15) is 0 Å². The lowest BCUT2D eigenvalue weighted by atomic mass is 10.2. The molecule has 3 heterocycles. The Kier molecular flexibility index (Phi) is 8.27. The Morgan fingerprint density at radius 3 is 2.41 bits per heavy atom. The Morgan fingerprint density at radius 2 is 1.85 bits per heavy atom. The number of guanidine groups is 1. The summed E-state index contributed by atoms with van der Waals surface area (Å²) in [5.74, 6) is 2.02. The van der Waals surface area contributed by atoms with Crippen LogP contribution in [0.15, 0.2) is 11.3 Å². The number of nitrogens with one attached hydrogen (secondary N) is 1. The molecule has 0 aromatic carbocycles. The van der Waals surface area contributed by atoms with Gasteiger partial charge in [-0.25, -0.2) is 0 Å². The van der Waals surface area contributed by atoms with E-state index in [-0.39, 0.29) is 35.9 Å². The molecule has 2 aliphatic rings. The molecule has 2 fully saturated rings. The number of likely N-dealkylation sites (tertiary alicyclic amines) is 1. The van der Waals surface area contributed by atoms with Gasteiger partial charge in [0.25, 0.3) is 0 Å². The number of aryl methyl sites for hydroxylation is 1. The Balaban J connectivity index is 0.00000261. The molecule has 0 radical (unpaired) electrons. The van der Waals surface area contributed by atoms with E-state index in [0.29, 0.717) is 6.54 Å². The molecule has 1 unspecified atom stereocenters. The van der Waals surface area contributed by atoms with Crippen molar-refractivity contribution in [3.63, 3.8) is 0 Å². The van der Waals surface area contributed by atoms with Gasteiger partial charge in [-0.15, -0.1) is 34.2 Å². The molecule has 3 rings (SSSR count). The summed E-state index contributed by atoms with van der Waals surface area (Å²) >= 11 is 0. The molecule has 0 spiro atoms. The minimum Gasteiger partial charge on any atom is -0.349 e. The van der Waals surface area contributed by atoms with Crippen molar-refractivity contribution < 1.29 is 4.79 Å². The van der Waals surface area contributed by atoms with Crippen LogP contribution < -0.4 is 5.32 Å². The average Bonchev–Trinajstić information content (AvgIpc) is 3.34. The van der Waals surface area contributed by atoms with Crippen molar-refractivity contribution in [2.45, 2.75) is 32.4 Å². The van der Waals surface area contributed by atoms with E-state index < -0.39 is 0 Å². The second kappa shape index (κ2) is 10.2. The molecule has 10 heteroatoms. The predicted octanol–water partition coefficient (Wildman–Crippen LogP) is 0.137. The van der Waals surface area contributed by atoms with E-state index in [9.17, 15) is 4.79 Å². The summed E-state index contributed by atoms with van der Waals surface area (Å²) in [5, 5.41) is 11.3. The van der Waals surface area contributed by atoms with Crippen molar-refractivity contribution in [3.8, 4) is 0 Å². The van der Waals surface area contributed by atoms with Crippen LogP contribution in [0.25, 0.3) is 0 Å². The molecule has 0 aliphatic carbocycles. The maximum absolute atomic E-state index is 12.6. The SMILES string of the molecule is CN=C(NCc1nncn1C)N1CCN(C(C)C(=O)N2CCCC2)CC1.I. The lowest BCUT2D eigenvalue weighted by Gasteiger charge is -2.39. The minimum atomic E-state index is -0.0381. The van der Waals surface area contributed by atoms with Crippen molar-refractivity contribution in [1.82, 2.24) is 34.8 Å². The highest BCUT2D eigenvalue weighted by Gasteiger charge is 2.30. The molecule has 0 bridgehead atoms. The summed E-state index contributed by atoms with van der Waals surface area (Å²) in [6, 6.07) is -0.0381. The van der Waals surface area contributed by atoms with Crippen LogP contribution in [-0.4, -0.2) is 93.7 Å². The third-order valence-electron chi connectivity index (χ3n) is 5.36. The third-order valence-corrected chi connectivity index (χ3v) is 5.36.